The summed E-state index contributed by atoms with van der Waals surface area (Å²) in [6.45, 7) is 4.00. The highest BCUT2D eigenvalue weighted by Gasteiger charge is 2.31. The monoisotopic (exact) mass is 275 g/mol. The molecule has 0 saturated carbocycles. The SMILES string of the molecule is CCCC(C)CC(O)c1cc(C(F)(F)F)ccc1N. The fraction of sp³-hybridized carbons (Fsp3) is 0.571. The van der Waals surface area contributed by atoms with Crippen molar-refractivity contribution in [3.05, 3.63) is 29.3 Å². The lowest BCUT2D eigenvalue weighted by molar-refractivity contribution is -0.137. The lowest BCUT2D eigenvalue weighted by atomic mass is 9.93. The first-order chi connectivity index (χ1) is 8.75. The van der Waals surface area contributed by atoms with Crippen molar-refractivity contribution in [2.24, 2.45) is 5.92 Å². The van der Waals surface area contributed by atoms with Gasteiger partial charge in [-0.2, -0.15) is 13.2 Å². The Labute approximate surface area is 111 Å². The molecular formula is C14H20F3NO. The summed E-state index contributed by atoms with van der Waals surface area (Å²) >= 11 is 0. The standard InChI is InChI=1S/C14H20F3NO/c1-3-4-9(2)7-13(19)11-8-10(14(15,16)17)5-6-12(11)18/h5-6,8-9,13,19H,3-4,7,18H2,1-2H3. The van der Waals surface area contributed by atoms with E-state index < -0.39 is 17.8 Å². The van der Waals surface area contributed by atoms with Crippen molar-refractivity contribution in [3.63, 3.8) is 0 Å². The number of halogens is 3. The number of benzene rings is 1. The molecule has 3 N–H and O–H groups in total. The van der Waals surface area contributed by atoms with Gasteiger partial charge in [-0.3, -0.25) is 0 Å². The van der Waals surface area contributed by atoms with Gasteiger partial charge in [0.25, 0.3) is 0 Å². The summed E-state index contributed by atoms with van der Waals surface area (Å²) in [5.41, 5.74) is 5.24. The Bertz CT molecular complexity index is 418. The fourth-order valence-electron chi connectivity index (χ4n) is 2.16. The van der Waals surface area contributed by atoms with Crippen LogP contribution in [-0.4, -0.2) is 5.11 Å². The first-order valence-electron chi connectivity index (χ1n) is 6.40. The molecule has 0 spiro atoms. The van der Waals surface area contributed by atoms with E-state index in [1.54, 1.807) is 0 Å². The highest BCUT2D eigenvalue weighted by molar-refractivity contribution is 5.50. The Morgan fingerprint density at radius 3 is 2.47 bits per heavy atom. The van der Waals surface area contributed by atoms with Crippen LogP contribution in [0.15, 0.2) is 18.2 Å². The summed E-state index contributed by atoms with van der Waals surface area (Å²) < 4.78 is 37.9. The average Bonchev–Trinajstić information content (AvgIpc) is 2.27. The molecule has 1 rings (SSSR count). The second kappa shape index (κ2) is 6.28. The van der Waals surface area contributed by atoms with Crippen molar-refractivity contribution in [1.82, 2.24) is 0 Å². The van der Waals surface area contributed by atoms with Crippen LogP contribution in [0, 0.1) is 5.92 Å². The molecule has 0 saturated heterocycles. The van der Waals surface area contributed by atoms with E-state index in [-0.39, 0.29) is 17.2 Å². The molecular weight excluding hydrogens is 255 g/mol. The van der Waals surface area contributed by atoms with Crippen molar-refractivity contribution in [1.29, 1.82) is 0 Å². The number of hydrogen-bond donors (Lipinski definition) is 2. The predicted octanol–water partition coefficient (Wildman–Crippen LogP) is 4.15. The van der Waals surface area contributed by atoms with Crippen LogP contribution in [0.25, 0.3) is 0 Å². The van der Waals surface area contributed by atoms with Crippen molar-refractivity contribution < 1.29 is 18.3 Å². The zero-order valence-corrected chi connectivity index (χ0v) is 11.2. The Morgan fingerprint density at radius 2 is 1.95 bits per heavy atom. The number of nitrogen functional groups attached to an aromatic ring is 1. The smallest absolute Gasteiger partial charge is 0.398 e. The molecule has 1 aromatic carbocycles. The molecule has 0 bridgehead atoms. The molecule has 0 aliphatic carbocycles. The topological polar surface area (TPSA) is 46.2 Å². The summed E-state index contributed by atoms with van der Waals surface area (Å²) in [6.07, 6.45) is -3.05. The second-order valence-electron chi connectivity index (χ2n) is 4.99. The van der Waals surface area contributed by atoms with E-state index in [0.717, 1.165) is 25.0 Å². The number of hydrogen-bond acceptors (Lipinski definition) is 2. The molecule has 5 heteroatoms. The van der Waals surface area contributed by atoms with Gasteiger partial charge in [0, 0.05) is 11.3 Å². The van der Waals surface area contributed by atoms with Gasteiger partial charge in [0.15, 0.2) is 0 Å². The summed E-state index contributed by atoms with van der Waals surface area (Å²) in [5.74, 6) is 0.244. The molecule has 108 valence electrons. The molecule has 2 nitrogen and oxygen atoms in total. The van der Waals surface area contributed by atoms with E-state index in [0.29, 0.717) is 6.42 Å². The van der Waals surface area contributed by atoms with Crippen molar-refractivity contribution >= 4 is 5.69 Å². The highest BCUT2D eigenvalue weighted by Crippen LogP contribution is 2.34. The van der Waals surface area contributed by atoms with Gasteiger partial charge < -0.3 is 10.8 Å². The summed E-state index contributed by atoms with van der Waals surface area (Å²) in [6, 6.07) is 3.07. The molecule has 1 aromatic rings. The van der Waals surface area contributed by atoms with Gasteiger partial charge in [0.05, 0.1) is 11.7 Å². The van der Waals surface area contributed by atoms with Crippen LogP contribution in [0.3, 0.4) is 0 Å². The number of alkyl halides is 3. The maximum atomic E-state index is 12.6. The van der Waals surface area contributed by atoms with Crippen LogP contribution in [0.1, 0.15) is 50.3 Å². The molecule has 0 amide bonds. The number of anilines is 1. The van der Waals surface area contributed by atoms with E-state index in [9.17, 15) is 18.3 Å². The lowest BCUT2D eigenvalue weighted by Gasteiger charge is -2.19. The first-order valence-corrected chi connectivity index (χ1v) is 6.40. The first kappa shape index (κ1) is 15.8. The van der Waals surface area contributed by atoms with E-state index in [2.05, 4.69) is 0 Å². The maximum absolute atomic E-state index is 12.6. The van der Waals surface area contributed by atoms with Gasteiger partial charge in [0.1, 0.15) is 0 Å². The third kappa shape index (κ3) is 4.42. The number of aliphatic hydroxyl groups is 1. The Morgan fingerprint density at radius 1 is 1.32 bits per heavy atom. The van der Waals surface area contributed by atoms with Crippen LogP contribution >= 0.6 is 0 Å². The number of nitrogens with two attached hydrogens (primary N) is 1. The minimum atomic E-state index is -4.42. The zero-order valence-electron chi connectivity index (χ0n) is 11.2. The molecule has 0 heterocycles. The summed E-state index contributed by atoms with van der Waals surface area (Å²) in [5, 5.41) is 10.0. The van der Waals surface area contributed by atoms with Crippen LogP contribution in [0.4, 0.5) is 18.9 Å². The molecule has 0 radical (unpaired) electrons. The Balaban J connectivity index is 2.92. The molecule has 19 heavy (non-hydrogen) atoms. The van der Waals surface area contributed by atoms with Gasteiger partial charge in [-0.05, 0) is 30.5 Å². The second-order valence-corrected chi connectivity index (χ2v) is 4.99. The van der Waals surface area contributed by atoms with Crippen molar-refractivity contribution in [2.75, 3.05) is 5.73 Å². The lowest BCUT2D eigenvalue weighted by Crippen LogP contribution is -2.11. The highest BCUT2D eigenvalue weighted by atomic mass is 19.4. The molecule has 0 fully saturated rings. The molecule has 0 aromatic heterocycles. The predicted molar refractivity (Wildman–Crippen MR) is 69.5 cm³/mol. The van der Waals surface area contributed by atoms with Gasteiger partial charge >= 0.3 is 6.18 Å². The van der Waals surface area contributed by atoms with E-state index in [1.165, 1.54) is 6.07 Å². The van der Waals surface area contributed by atoms with Crippen LogP contribution in [-0.2, 0) is 6.18 Å². The van der Waals surface area contributed by atoms with Crippen LogP contribution < -0.4 is 5.73 Å². The van der Waals surface area contributed by atoms with Gasteiger partial charge in [-0.25, -0.2) is 0 Å². The molecule has 2 unspecified atom stereocenters. The molecule has 2 atom stereocenters. The van der Waals surface area contributed by atoms with E-state index in [1.807, 2.05) is 13.8 Å². The Hall–Kier alpha value is -1.23. The third-order valence-corrected chi connectivity index (χ3v) is 3.18. The summed E-state index contributed by atoms with van der Waals surface area (Å²) in [7, 11) is 0. The zero-order chi connectivity index (χ0) is 14.6. The fourth-order valence-corrected chi connectivity index (χ4v) is 2.16. The van der Waals surface area contributed by atoms with Gasteiger partial charge in [-0.15, -0.1) is 0 Å². The molecule has 0 aliphatic heterocycles. The maximum Gasteiger partial charge on any atom is 0.416 e. The van der Waals surface area contributed by atoms with Crippen molar-refractivity contribution in [3.8, 4) is 0 Å². The Kier molecular flexibility index (Phi) is 5.23. The normalized spacial score (nSPS) is 15.3. The van der Waals surface area contributed by atoms with E-state index >= 15 is 0 Å². The van der Waals surface area contributed by atoms with E-state index in [4.69, 9.17) is 5.73 Å². The largest absolute Gasteiger partial charge is 0.416 e. The van der Waals surface area contributed by atoms with Crippen LogP contribution in [0.2, 0.25) is 0 Å². The van der Waals surface area contributed by atoms with Gasteiger partial charge in [-0.1, -0.05) is 26.7 Å². The minimum absolute atomic E-state index is 0.165. The quantitative estimate of drug-likeness (QED) is 0.793. The van der Waals surface area contributed by atoms with Crippen LogP contribution in [0.5, 0.6) is 0 Å². The number of rotatable bonds is 5. The summed E-state index contributed by atoms with van der Waals surface area (Å²) in [4.78, 5) is 0. The van der Waals surface area contributed by atoms with Gasteiger partial charge in [0.2, 0.25) is 0 Å². The van der Waals surface area contributed by atoms with Crippen molar-refractivity contribution in [2.45, 2.75) is 45.4 Å². The number of aliphatic hydroxyl groups excluding tert-OH is 1. The third-order valence-electron chi connectivity index (χ3n) is 3.18. The molecule has 0 aliphatic rings. The average molecular weight is 275 g/mol. The minimum Gasteiger partial charge on any atom is -0.398 e.